The van der Waals surface area contributed by atoms with Crippen LogP contribution in [0.25, 0.3) is 0 Å². The van der Waals surface area contributed by atoms with Crippen LogP contribution in [0.1, 0.15) is 15.9 Å². The van der Waals surface area contributed by atoms with E-state index in [1.54, 1.807) is 12.1 Å². The molecule has 0 saturated heterocycles. The van der Waals surface area contributed by atoms with Gasteiger partial charge in [-0.15, -0.1) is 0 Å². The summed E-state index contributed by atoms with van der Waals surface area (Å²) in [4.78, 5) is 15.8. The van der Waals surface area contributed by atoms with Crippen molar-refractivity contribution in [2.24, 2.45) is 0 Å². The van der Waals surface area contributed by atoms with Crippen molar-refractivity contribution in [1.29, 1.82) is 0 Å². The number of amides is 1. The number of benzene rings is 1. The quantitative estimate of drug-likeness (QED) is 0.832. The molecular weight excluding hydrogens is 271 g/mol. The summed E-state index contributed by atoms with van der Waals surface area (Å²) in [7, 11) is 0. The predicted molar refractivity (Wildman–Crippen MR) is 68.0 cm³/mol. The fourth-order valence-corrected chi connectivity index (χ4v) is 1.55. The first kappa shape index (κ1) is 13.9. The highest BCUT2D eigenvalue weighted by atomic mass is 19.4. The number of anilines is 2. The minimum absolute atomic E-state index is 0.0357. The van der Waals surface area contributed by atoms with Gasteiger partial charge in [-0.2, -0.15) is 13.2 Å². The minimum atomic E-state index is -4.53. The first-order valence-electron chi connectivity index (χ1n) is 5.57. The minimum Gasteiger partial charge on any atom is -0.398 e. The number of halogens is 3. The van der Waals surface area contributed by atoms with Crippen molar-refractivity contribution in [3.63, 3.8) is 0 Å². The molecule has 0 atom stereocenters. The van der Waals surface area contributed by atoms with Gasteiger partial charge in [-0.1, -0.05) is 6.07 Å². The summed E-state index contributed by atoms with van der Waals surface area (Å²) in [5.41, 5.74) is 4.33. The third-order valence-electron chi connectivity index (χ3n) is 2.53. The SMILES string of the molecule is Nc1ccc(C(F)(F)F)cc1C(=O)Nc1ccccn1. The van der Waals surface area contributed by atoms with Crippen LogP contribution in [0.5, 0.6) is 0 Å². The Balaban J connectivity index is 2.30. The summed E-state index contributed by atoms with van der Waals surface area (Å²) in [5, 5.41) is 2.38. The van der Waals surface area contributed by atoms with E-state index in [0.29, 0.717) is 6.07 Å². The normalized spacial score (nSPS) is 11.2. The number of rotatable bonds is 2. The highest BCUT2D eigenvalue weighted by Crippen LogP contribution is 2.31. The maximum atomic E-state index is 12.6. The first-order chi connectivity index (χ1) is 9.38. The third kappa shape index (κ3) is 3.05. The molecule has 20 heavy (non-hydrogen) atoms. The Bertz CT molecular complexity index is 627. The predicted octanol–water partition coefficient (Wildman–Crippen LogP) is 2.93. The van der Waals surface area contributed by atoms with Gasteiger partial charge in [0.25, 0.3) is 5.91 Å². The summed E-state index contributed by atoms with van der Waals surface area (Å²) in [6.45, 7) is 0. The Kier molecular flexibility index (Phi) is 3.60. The molecule has 7 heteroatoms. The molecule has 1 aromatic carbocycles. The van der Waals surface area contributed by atoms with Gasteiger partial charge in [-0.3, -0.25) is 4.79 Å². The summed E-state index contributed by atoms with van der Waals surface area (Å²) in [6, 6.07) is 7.39. The van der Waals surface area contributed by atoms with Crippen LogP contribution in [0.4, 0.5) is 24.7 Å². The molecule has 0 aliphatic rings. The number of nitrogens with one attached hydrogen (secondary N) is 1. The first-order valence-corrected chi connectivity index (χ1v) is 5.57. The van der Waals surface area contributed by atoms with Crippen molar-refractivity contribution in [3.05, 3.63) is 53.7 Å². The van der Waals surface area contributed by atoms with Crippen LogP contribution in [0, 0.1) is 0 Å². The number of nitrogens with two attached hydrogens (primary N) is 1. The third-order valence-corrected chi connectivity index (χ3v) is 2.53. The van der Waals surface area contributed by atoms with E-state index in [9.17, 15) is 18.0 Å². The average Bonchev–Trinajstić information content (AvgIpc) is 2.39. The fourth-order valence-electron chi connectivity index (χ4n) is 1.55. The molecule has 0 radical (unpaired) electrons. The van der Waals surface area contributed by atoms with Gasteiger partial charge in [-0.05, 0) is 30.3 Å². The van der Waals surface area contributed by atoms with Crippen LogP contribution < -0.4 is 11.1 Å². The summed E-state index contributed by atoms with van der Waals surface area (Å²) >= 11 is 0. The second-order valence-corrected chi connectivity index (χ2v) is 3.97. The fraction of sp³-hybridized carbons (Fsp3) is 0.0769. The number of carbonyl (C=O) groups is 1. The van der Waals surface area contributed by atoms with Gasteiger partial charge in [-0.25, -0.2) is 4.98 Å². The number of carbonyl (C=O) groups excluding carboxylic acids is 1. The molecule has 0 saturated carbocycles. The van der Waals surface area contributed by atoms with Gasteiger partial charge in [0.05, 0.1) is 11.1 Å². The zero-order valence-electron chi connectivity index (χ0n) is 10.1. The summed E-state index contributed by atoms with van der Waals surface area (Å²) < 4.78 is 37.8. The Labute approximate surface area is 112 Å². The van der Waals surface area contributed by atoms with Crippen molar-refractivity contribution >= 4 is 17.4 Å². The van der Waals surface area contributed by atoms with Crippen LogP contribution in [0.15, 0.2) is 42.6 Å². The van der Waals surface area contributed by atoms with E-state index in [-0.39, 0.29) is 17.1 Å². The van der Waals surface area contributed by atoms with Gasteiger partial charge >= 0.3 is 6.18 Å². The standard InChI is InChI=1S/C13H10F3N3O/c14-13(15,16)8-4-5-10(17)9(7-8)12(20)19-11-3-1-2-6-18-11/h1-7H,17H2,(H,18,19,20). The second kappa shape index (κ2) is 5.20. The molecule has 0 spiro atoms. The largest absolute Gasteiger partial charge is 0.416 e. The topological polar surface area (TPSA) is 68.0 Å². The van der Waals surface area contributed by atoms with E-state index >= 15 is 0 Å². The van der Waals surface area contributed by atoms with Gasteiger partial charge in [0.2, 0.25) is 0 Å². The molecule has 1 amide bonds. The Morgan fingerprint density at radius 3 is 2.55 bits per heavy atom. The molecule has 1 aromatic heterocycles. The molecule has 2 rings (SSSR count). The maximum Gasteiger partial charge on any atom is 0.416 e. The molecule has 3 N–H and O–H groups in total. The number of nitrogens with zero attached hydrogens (tertiary/aromatic N) is 1. The lowest BCUT2D eigenvalue weighted by Gasteiger charge is -2.11. The molecule has 0 aliphatic heterocycles. The van der Waals surface area contributed by atoms with Gasteiger partial charge in [0.15, 0.2) is 0 Å². The van der Waals surface area contributed by atoms with E-state index in [0.717, 1.165) is 12.1 Å². The number of pyridine rings is 1. The Hall–Kier alpha value is -2.57. The molecule has 1 heterocycles. The zero-order chi connectivity index (χ0) is 14.8. The molecule has 2 aromatic rings. The van der Waals surface area contributed by atoms with Gasteiger partial charge in [0.1, 0.15) is 5.82 Å². The van der Waals surface area contributed by atoms with Crippen molar-refractivity contribution in [2.45, 2.75) is 6.18 Å². The van der Waals surface area contributed by atoms with Crippen molar-refractivity contribution in [3.8, 4) is 0 Å². The van der Waals surface area contributed by atoms with Crippen LogP contribution in [0.3, 0.4) is 0 Å². The maximum absolute atomic E-state index is 12.6. The van der Waals surface area contributed by atoms with Gasteiger partial charge in [0, 0.05) is 11.9 Å². The smallest absolute Gasteiger partial charge is 0.398 e. The summed E-state index contributed by atoms with van der Waals surface area (Å²) in [5.74, 6) is -0.512. The lowest BCUT2D eigenvalue weighted by molar-refractivity contribution is -0.137. The highest BCUT2D eigenvalue weighted by molar-refractivity contribution is 6.07. The van der Waals surface area contributed by atoms with Crippen LogP contribution in [-0.2, 0) is 6.18 Å². The molecule has 0 aliphatic carbocycles. The average molecular weight is 281 g/mol. The lowest BCUT2D eigenvalue weighted by atomic mass is 10.1. The van der Waals surface area contributed by atoms with Crippen molar-refractivity contribution in [1.82, 2.24) is 4.98 Å². The number of alkyl halides is 3. The monoisotopic (exact) mass is 281 g/mol. The number of aromatic nitrogens is 1. The number of hydrogen-bond acceptors (Lipinski definition) is 3. The van der Waals surface area contributed by atoms with E-state index in [1.807, 2.05) is 0 Å². The lowest BCUT2D eigenvalue weighted by Crippen LogP contribution is -2.16. The Morgan fingerprint density at radius 1 is 1.20 bits per heavy atom. The van der Waals surface area contributed by atoms with Crippen LogP contribution >= 0.6 is 0 Å². The molecule has 104 valence electrons. The van der Waals surface area contributed by atoms with Crippen molar-refractivity contribution in [2.75, 3.05) is 11.1 Å². The number of hydrogen-bond donors (Lipinski definition) is 2. The number of nitrogen functional groups attached to an aromatic ring is 1. The van der Waals surface area contributed by atoms with Crippen molar-refractivity contribution < 1.29 is 18.0 Å². The van der Waals surface area contributed by atoms with Gasteiger partial charge < -0.3 is 11.1 Å². The van der Waals surface area contributed by atoms with E-state index in [4.69, 9.17) is 5.73 Å². The Morgan fingerprint density at radius 2 is 1.95 bits per heavy atom. The molecule has 0 fully saturated rings. The second-order valence-electron chi connectivity index (χ2n) is 3.97. The molecular formula is C13H10F3N3O. The summed E-state index contributed by atoms with van der Waals surface area (Å²) in [6.07, 6.45) is -3.08. The van der Waals surface area contributed by atoms with Crippen LogP contribution in [-0.4, -0.2) is 10.9 Å². The van der Waals surface area contributed by atoms with E-state index in [1.165, 1.54) is 12.3 Å². The van der Waals surface area contributed by atoms with Crippen LogP contribution in [0.2, 0.25) is 0 Å². The molecule has 0 bridgehead atoms. The highest BCUT2D eigenvalue weighted by Gasteiger charge is 2.31. The molecule has 4 nitrogen and oxygen atoms in total. The molecule has 0 unspecified atom stereocenters. The van der Waals surface area contributed by atoms with E-state index in [2.05, 4.69) is 10.3 Å². The zero-order valence-corrected chi connectivity index (χ0v) is 10.1. The van der Waals surface area contributed by atoms with E-state index < -0.39 is 17.6 Å².